The van der Waals surface area contributed by atoms with Crippen LogP contribution in [0.3, 0.4) is 0 Å². The number of nitrogens with one attached hydrogen (secondary N) is 1. The third-order valence-electron chi connectivity index (χ3n) is 5.76. The molecule has 0 bridgehead atoms. The van der Waals surface area contributed by atoms with Gasteiger partial charge in [0.1, 0.15) is 0 Å². The Kier molecular flexibility index (Phi) is 7.18. The second-order valence-electron chi connectivity index (χ2n) is 8.28. The van der Waals surface area contributed by atoms with Gasteiger partial charge in [0.25, 0.3) is 0 Å². The number of para-hydroxylation sites is 1. The number of piperazine rings is 1. The summed E-state index contributed by atoms with van der Waals surface area (Å²) in [4.78, 5) is 23.7. The summed E-state index contributed by atoms with van der Waals surface area (Å²) in [6.07, 6.45) is 1.80. The molecular weight excluding hydrogens is 350 g/mol. The summed E-state index contributed by atoms with van der Waals surface area (Å²) in [6.45, 7) is 10.7. The van der Waals surface area contributed by atoms with Crippen LogP contribution in [0, 0.1) is 11.8 Å². The zero-order chi connectivity index (χ0) is 19.9. The number of likely N-dealkylation sites (tertiary alicyclic amines) is 1. The fraction of sp³-hybridized carbons (Fsp3) is 0.636. The van der Waals surface area contributed by atoms with Gasteiger partial charge in [0, 0.05) is 65.0 Å². The molecule has 2 fully saturated rings. The number of carbonyl (C=O) groups is 1. The summed E-state index contributed by atoms with van der Waals surface area (Å²) in [5.74, 6) is 2.53. The third kappa shape index (κ3) is 5.40. The van der Waals surface area contributed by atoms with Crippen LogP contribution in [0.1, 0.15) is 26.7 Å². The molecule has 3 rings (SSSR count). The van der Waals surface area contributed by atoms with E-state index in [1.54, 1.807) is 0 Å². The summed E-state index contributed by atoms with van der Waals surface area (Å²) < 4.78 is 0. The van der Waals surface area contributed by atoms with Crippen molar-refractivity contribution in [2.24, 2.45) is 16.8 Å². The second kappa shape index (κ2) is 9.80. The van der Waals surface area contributed by atoms with Crippen LogP contribution in [0.2, 0.25) is 0 Å². The molecule has 2 heterocycles. The van der Waals surface area contributed by atoms with Gasteiger partial charge in [-0.1, -0.05) is 32.0 Å². The molecule has 2 saturated heterocycles. The highest BCUT2D eigenvalue weighted by Gasteiger charge is 2.25. The number of nitrogens with zero attached hydrogens (tertiary/aromatic N) is 4. The Labute approximate surface area is 169 Å². The number of rotatable bonds is 4. The molecule has 6 nitrogen and oxygen atoms in total. The van der Waals surface area contributed by atoms with Gasteiger partial charge in [-0.2, -0.15) is 0 Å². The Balaban J connectivity index is 1.41. The number of hydrogen-bond acceptors (Lipinski definition) is 3. The maximum Gasteiger partial charge on any atom is 0.224 e. The van der Waals surface area contributed by atoms with Crippen LogP contribution in [0.15, 0.2) is 35.3 Å². The van der Waals surface area contributed by atoms with Gasteiger partial charge in [0.2, 0.25) is 5.91 Å². The molecule has 154 valence electrons. The Morgan fingerprint density at radius 3 is 2.29 bits per heavy atom. The molecule has 6 heteroatoms. The van der Waals surface area contributed by atoms with Gasteiger partial charge in [-0.15, -0.1) is 0 Å². The molecule has 0 saturated carbocycles. The second-order valence-corrected chi connectivity index (χ2v) is 8.28. The Bertz CT molecular complexity index is 644. The SMILES string of the molecule is CN=C(NCCC(=O)N1CCN(c2ccccc2)CC1)N1CC(C)CC(C)C1. The lowest BCUT2D eigenvalue weighted by Gasteiger charge is -2.37. The van der Waals surface area contributed by atoms with Crippen LogP contribution < -0.4 is 10.2 Å². The lowest BCUT2D eigenvalue weighted by molar-refractivity contribution is -0.131. The summed E-state index contributed by atoms with van der Waals surface area (Å²) in [5, 5.41) is 3.40. The van der Waals surface area contributed by atoms with Gasteiger partial charge in [0.15, 0.2) is 5.96 Å². The average molecular weight is 386 g/mol. The van der Waals surface area contributed by atoms with E-state index in [2.05, 4.69) is 58.2 Å². The highest BCUT2D eigenvalue weighted by atomic mass is 16.2. The highest BCUT2D eigenvalue weighted by Crippen LogP contribution is 2.21. The van der Waals surface area contributed by atoms with Crippen molar-refractivity contribution in [2.45, 2.75) is 26.7 Å². The van der Waals surface area contributed by atoms with Crippen molar-refractivity contribution in [2.75, 3.05) is 57.8 Å². The molecule has 0 aliphatic carbocycles. The van der Waals surface area contributed by atoms with Crippen LogP contribution in [0.25, 0.3) is 0 Å². The fourth-order valence-electron chi connectivity index (χ4n) is 4.46. The molecule has 1 aromatic rings. The van der Waals surface area contributed by atoms with E-state index in [4.69, 9.17) is 0 Å². The van der Waals surface area contributed by atoms with E-state index >= 15 is 0 Å². The Morgan fingerprint density at radius 2 is 1.68 bits per heavy atom. The topological polar surface area (TPSA) is 51.2 Å². The van der Waals surface area contributed by atoms with Gasteiger partial charge in [-0.25, -0.2) is 0 Å². The summed E-state index contributed by atoms with van der Waals surface area (Å²) >= 11 is 0. The van der Waals surface area contributed by atoms with E-state index in [0.717, 1.165) is 45.2 Å². The van der Waals surface area contributed by atoms with Gasteiger partial charge >= 0.3 is 0 Å². The quantitative estimate of drug-likeness (QED) is 0.638. The van der Waals surface area contributed by atoms with Crippen molar-refractivity contribution < 1.29 is 4.79 Å². The molecular formula is C22H35N5O. The smallest absolute Gasteiger partial charge is 0.224 e. The monoisotopic (exact) mass is 385 g/mol. The molecule has 1 aromatic carbocycles. The molecule has 2 aliphatic heterocycles. The largest absolute Gasteiger partial charge is 0.368 e. The molecule has 1 amide bonds. The minimum absolute atomic E-state index is 0.232. The normalized spacial score (nSPS) is 23.7. The number of anilines is 1. The zero-order valence-corrected chi connectivity index (χ0v) is 17.6. The van der Waals surface area contributed by atoms with Gasteiger partial charge in [0.05, 0.1) is 0 Å². The fourth-order valence-corrected chi connectivity index (χ4v) is 4.46. The van der Waals surface area contributed by atoms with Gasteiger partial charge in [-0.3, -0.25) is 9.79 Å². The van der Waals surface area contributed by atoms with Crippen molar-refractivity contribution >= 4 is 17.6 Å². The molecule has 28 heavy (non-hydrogen) atoms. The summed E-state index contributed by atoms with van der Waals surface area (Å²) in [6, 6.07) is 10.4. The standard InChI is InChI=1S/C22H35N5O/c1-18-15-19(2)17-27(16-18)22(23-3)24-10-9-21(28)26-13-11-25(12-14-26)20-7-5-4-6-8-20/h4-8,18-19H,9-17H2,1-3H3,(H,23,24). The first-order valence-corrected chi connectivity index (χ1v) is 10.6. The first-order valence-electron chi connectivity index (χ1n) is 10.6. The summed E-state index contributed by atoms with van der Waals surface area (Å²) in [5.41, 5.74) is 1.24. The number of benzene rings is 1. The van der Waals surface area contributed by atoms with Crippen LogP contribution in [-0.2, 0) is 4.79 Å². The predicted molar refractivity (Wildman–Crippen MR) is 116 cm³/mol. The highest BCUT2D eigenvalue weighted by molar-refractivity contribution is 5.81. The van der Waals surface area contributed by atoms with Gasteiger partial charge < -0.3 is 20.0 Å². The maximum atomic E-state index is 12.6. The van der Waals surface area contributed by atoms with Crippen LogP contribution >= 0.6 is 0 Å². The number of hydrogen-bond donors (Lipinski definition) is 1. The molecule has 0 radical (unpaired) electrons. The third-order valence-corrected chi connectivity index (χ3v) is 5.76. The van der Waals surface area contributed by atoms with E-state index in [-0.39, 0.29) is 5.91 Å². The predicted octanol–water partition coefficient (Wildman–Crippen LogP) is 2.28. The van der Waals surface area contributed by atoms with Crippen molar-refractivity contribution in [3.8, 4) is 0 Å². The lowest BCUT2D eigenvalue weighted by Crippen LogP contribution is -2.50. The number of aliphatic imine (C=N–C) groups is 1. The van der Waals surface area contributed by atoms with Crippen LogP contribution in [0.4, 0.5) is 5.69 Å². The van der Waals surface area contributed by atoms with Crippen molar-refractivity contribution in [1.82, 2.24) is 15.1 Å². The minimum atomic E-state index is 0.232. The molecule has 1 N–H and O–H groups in total. The Morgan fingerprint density at radius 1 is 1.04 bits per heavy atom. The minimum Gasteiger partial charge on any atom is -0.368 e. The zero-order valence-electron chi connectivity index (χ0n) is 17.6. The number of guanidine groups is 1. The molecule has 2 unspecified atom stereocenters. The summed E-state index contributed by atoms with van der Waals surface area (Å²) in [7, 11) is 1.83. The number of piperidine rings is 1. The first kappa shape index (κ1) is 20.5. The van der Waals surface area contributed by atoms with E-state index in [1.165, 1.54) is 12.1 Å². The van der Waals surface area contributed by atoms with E-state index in [0.29, 0.717) is 24.8 Å². The van der Waals surface area contributed by atoms with E-state index < -0.39 is 0 Å². The number of amides is 1. The number of carbonyl (C=O) groups excluding carboxylic acids is 1. The molecule has 0 spiro atoms. The Hall–Kier alpha value is -2.24. The van der Waals surface area contributed by atoms with Crippen LogP contribution in [-0.4, -0.2) is 74.5 Å². The van der Waals surface area contributed by atoms with Gasteiger partial charge in [-0.05, 0) is 30.4 Å². The molecule has 2 atom stereocenters. The average Bonchev–Trinajstić information content (AvgIpc) is 2.71. The van der Waals surface area contributed by atoms with Crippen molar-refractivity contribution in [3.05, 3.63) is 30.3 Å². The van der Waals surface area contributed by atoms with E-state index in [9.17, 15) is 4.79 Å². The maximum absolute atomic E-state index is 12.6. The first-order chi connectivity index (χ1) is 13.6. The molecule has 2 aliphatic rings. The van der Waals surface area contributed by atoms with Crippen LogP contribution in [0.5, 0.6) is 0 Å². The van der Waals surface area contributed by atoms with Crippen molar-refractivity contribution in [1.29, 1.82) is 0 Å². The lowest BCUT2D eigenvalue weighted by atomic mass is 9.92. The van der Waals surface area contributed by atoms with E-state index in [1.807, 2.05) is 18.0 Å². The molecule has 0 aromatic heterocycles. The van der Waals surface area contributed by atoms with Crippen molar-refractivity contribution in [3.63, 3.8) is 0 Å².